The molecule has 4 heteroatoms. The zero-order valence-electron chi connectivity index (χ0n) is 14.4. The van der Waals surface area contributed by atoms with E-state index in [0.717, 1.165) is 22.4 Å². The first kappa shape index (κ1) is 16.1. The van der Waals surface area contributed by atoms with Crippen LogP contribution in [0.3, 0.4) is 0 Å². The summed E-state index contributed by atoms with van der Waals surface area (Å²) in [5, 5.41) is 0.587. The number of rotatable bonds is 4. The second kappa shape index (κ2) is 6.84. The summed E-state index contributed by atoms with van der Waals surface area (Å²) in [4.78, 5) is 19.8. The second-order valence-corrected chi connectivity index (χ2v) is 6.19. The molecular formula is C22H18N2O2. The summed E-state index contributed by atoms with van der Waals surface area (Å²) in [5.41, 5.74) is 3.50. The summed E-state index contributed by atoms with van der Waals surface area (Å²) in [5.74, 6) is 1.32. The highest BCUT2D eigenvalue weighted by molar-refractivity contribution is 5.79. The summed E-state index contributed by atoms with van der Waals surface area (Å²) < 4.78 is 5.98. The first-order valence-corrected chi connectivity index (χ1v) is 8.47. The van der Waals surface area contributed by atoms with Gasteiger partial charge in [0.05, 0.1) is 10.9 Å². The Labute approximate surface area is 151 Å². The molecule has 1 heterocycles. The lowest BCUT2D eigenvalue weighted by molar-refractivity contribution is 0.304. The third kappa shape index (κ3) is 3.22. The van der Waals surface area contributed by atoms with E-state index in [1.165, 1.54) is 0 Å². The molecule has 0 aliphatic rings. The molecular weight excluding hydrogens is 324 g/mol. The number of fused-ring (bicyclic) bond motifs is 1. The highest BCUT2D eigenvalue weighted by Crippen LogP contribution is 2.26. The maximum absolute atomic E-state index is 12.3. The molecule has 128 valence electrons. The molecule has 4 rings (SSSR count). The van der Waals surface area contributed by atoms with E-state index in [4.69, 9.17) is 4.74 Å². The van der Waals surface area contributed by atoms with Crippen molar-refractivity contribution in [2.45, 2.75) is 13.5 Å². The normalized spacial score (nSPS) is 10.8. The predicted molar refractivity (Wildman–Crippen MR) is 103 cm³/mol. The summed E-state index contributed by atoms with van der Waals surface area (Å²) in [6.45, 7) is 2.49. The smallest absolute Gasteiger partial charge is 0.259 e. The highest BCUT2D eigenvalue weighted by atomic mass is 16.5. The quantitative estimate of drug-likeness (QED) is 0.595. The van der Waals surface area contributed by atoms with E-state index < -0.39 is 0 Å². The van der Waals surface area contributed by atoms with Crippen LogP contribution in [0.2, 0.25) is 0 Å². The van der Waals surface area contributed by atoms with E-state index in [2.05, 4.69) is 9.97 Å². The molecule has 0 aliphatic heterocycles. The van der Waals surface area contributed by atoms with Crippen LogP contribution in [0, 0.1) is 6.92 Å². The van der Waals surface area contributed by atoms with Crippen LogP contribution in [0.1, 0.15) is 11.1 Å². The van der Waals surface area contributed by atoms with Gasteiger partial charge in [-0.1, -0.05) is 54.6 Å². The zero-order chi connectivity index (χ0) is 17.9. The molecule has 0 amide bonds. The Morgan fingerprint density at radius 1 is 0.962 bits per heavy atom. The topological polar surface area (TPSA) is 55.0 Å². The predicted octanol–water partition coefficient (Wildman–Crippen LogP) is 4.48. The van der Waals surface area contributed by atoms with Gasteiger partial charge in [-0.05, 0) is 36.2 Å². The van der Waals surface area contributed by atoms with Crippen LogP contribution in [0.15, 0.2) is 77.6 Å². The minimum atomic E-state index is -0.141. The van der Waals surface area contributed by atoms with Crippen LogP contribution in [0.25, 0.3) is 22.3 Å². The van der Waals surface area contributed by atoms with E-state index >= 15 is 0 Å². The number of benzene rings is 3. The molecule has 0 aliphatic carbocycles. The third-order valence-electron chi connectivity index (χ3n) is 4.31. The number of aromatic amines is 1. The summed E-state index contributed by atoms with van der Waals surface area (Å²) in [6.07, 6.45) is 0. The van der Waals surface area contributed by atoms with E-state index in [1.54, 1.807) is 6.07 Å². The third-order valence-corrected chi connectivity index (χ3v) is 4.31. The van der Waals surface area contributed by atoms with Crippen LogP contribution in [0.4, 0.5) is 0 Å². The van der Waals surface area contributed by atoms with Crippen molar-refractivity contribution in [3.8, 4) is 17.1 Å². The zero-order valence-corrected chi connectivity index (χ0v) is 14.4. The Morgan fingerprint density at radius 2 is 1.73 bits per heavy atom. The van der Waals surface area contributed by atoms with Crippen LogP contribution in [0.5, 0.6) is 5.75 Å². The molecule has 1 N–H and O–H groups in total. The number of H-pyrrole nitrogens is 1. The molecule has 0 saturated carbocycles. The lowest BCUT2D eigenvalue weighted by Gasteiger charge is -2.11. The molecule has 0 spiro atoms. The molecule has 0 atom stereocenters. The van der Waals surface area contributed by atoms with Gasteiger partial charge in [0.2, 0.25) is 0 Å². The standard InChI is InChI=1S/C22H18N2O2/c1-15-11-12-17(13-20(15)26-14-16-7-3-2-4-8-16)21-23-19-10-6-5-9-18(19)22(25)24-21/h2-13H,14H2,1H3,(H,23,24,25). The van der Waals surface area contributed by atoms with Gasteiger partial charge in [-0.15, -0.1) is 0 Å². The van der Waals surface area contributed by atoms with Gasteiger partial charge in [-0.25, -0.2) is 4.98 Å². The number of nitrogens with zero attached hydrogens (tertiary/aromatic N) is 1. The maximum Gasteiger partial charge on any atom is 0.259 e. The molecule has 26 heavy (non-hydrogen) atoms. The van der Waals surface area contributed by atoms with Gasteiger partial charge in [0.15, 0.2) is 0 Å². The summed E-state index contributed by atoms with van der Waals surface area (Å²) in [7, 11) is 0. The van der Waals surface area contributed by atoms with Crippen molar-refractivity contribution < 1.29 is 4.74 Å². The molecule has 4 aromatic rings. The van der Waals surface area contributed by atoms with E-state index in [0.29, 0.717) is 23.3 Å². The van der Waals surface area contributed by atoms with Crippen molar-refractivity contribution in [2.24, 2.45) is 0 Å². The van der Waals surface area contributed by atoms with Gasteiger partial charge in [0, 0.05) is 5.56 Å². The molecule has 0 bridgehead atoms. The number of aryl methyl sites for hydroxylation is 1. The van der Waals surface area contributed by atoms with Gasteiger partial charge >= 0.3 is 0 Å². The van der Waals surface area contributed by atoms with Crippen LogP contribution in [-0.2, 0) is 6.61 Å². The SMILES string of the molecule is Cc1ccc(-c2nc3ccccc3c(=O)[nH]2)cc1OCc1ccccc1. The molecule has 0 saturated heterocycles. The van der Waals surface area contributed by atoms with Crippen LogP contribution in [-0.4, -0.2) is 9.97 Å². The second-order valence-electron chi connectivity index (χ2n) is 6.19. The number of aromatic nitrogens is 2. The summed E-state index contributed by atoms with van der Waals surface area (Å²) >= 11 is 0. The molecule has 1 aromatic heterocycles. The highest BCUT2D eigenvalue weighted by Gasteiger charge is 2.08. The van der Waals surface area contributed by atoms with Crippen molar-refractivity contribution in [3.05, 3.63) is 94.3 Å². The van der Waals surface area contributed by atoms with Gasteiger partial charge < -0.3 is 9.72 Å². The Bertz CT molecular complexity index is 1120. The Hall–Kier alpha value is -3.40. The maximum atomic E-state index is 12.3. The minimum absolute atomic E-state index is 0.141. The van der Waals surface area contributed by atoms with Gasteiger partial charge in [0.1, 0.15) is 18.2 Å². The summed E-state index contributed by atoms with van der Waals surface area (Å²) in [6, 6.07) is 23.2. The van der Waals surface area contributed by atoms with Crippen molar-refractivity contribution in [2.75, 3.05) is 0 Å². The van der Waals surface area contributed by atoms with Crippen molar-refractivity contribution >= 4 is 10.9 Å². The lowest BCUT2D eigenvalue weighted by atomic mass is 10.1. The molecule has 0 fully saturated rings. The fourth-order valence-electron chi connectivity index (χ4n) is 2.86. The van der Waals surface area contributed by atoms with Crippen molar-refractivity contribution in [1.82, 2.24) is 9.97 Å². The molecule has 3 aromatic carbocycles. The Kier molecular flexibility index (Phi) is 4.23. The lowest BCUT2D eigenvalue weighted by Crippen LogP contribution is -2.09. The molecule has 0 radical (unpaired) electrons. The monoisotopic (exact) mass is 342 g/mol. The van der Waals surface area contributed by atoms with E-state index in [1.807, 2.05) is 73.7 Å². The fraction of sp³-hybridized carbons (Fsp3) is 0.0909. The Morgan fingerprint density at radius 3 is 2.58 bits per heavy atom. The number of hydrogen-bond donors (Lipinski definition) is 1. The minimum Gasteiger partial charge on any atom is -0.489 e. The number of ether oxygens (including phenoxy) is 1. The Balaban J connectivity index is 1.68. The van der Waals surface area contributed by atoms with E-state index in [-0.39, 0.29) is 5.56 Å². The van der Waals surface area contributed by atoms with Gasteiger partial charge in [-0.2, -0.15) is 0 Å². The van der Waals surface area contributed by atoms with Crippen molar-refractivity contribution in [1.29, 1.82) is 0 Å². The van der Waals surface area contributed by atoms with Crippen LogP contribution < -0.4 is 10.3 Å². The first-order chi connectivity index (χ1) is 12.7. The van der Waals surface area contributed by atoms with Gasteiger partial charge in [-0.3, -0.25) is 4.79 Å². The average Bonchev–Trinajstić information content (AvgIpc) is 2.68. The number of para-hydroxylation sites is 1. The number of nitrogens with one attached hydrogen (secondary N) is 1. The number of hydrogen-bond acceptors (Lipinski definition) is 3. The average molecular weight is 342 g/mol. The molecule has 4 nitrogen and oxygen atoms in total. The van der Waals surface area contributed by atoms with Gasteiger partial charge in [0.25, 0.3) is 5.56 Å². The van der Waals surface area contributed by atoms with Crippen molar-refractivity contribution in [3.63, 3.8) is 0 Å². The largest absolute Gasteiger partial charge is 0.489 e. The fourth-order valence-corrected chi connectivity index (χ4v) is 2.86. The van der Waals surface area contributed by atoms with E-state index in [9.17, 15) is 4.79 Å². The van der Waals surface area contributed by atoms with Crippen LogP contribution >= 0.6 is 0 Å². The first-order valence-electron chi connectivity index (χ1n) is 8.47. The molecule has 0 unspecified atom stereocenters.